The molecule has 14 heavy (non-hydrogen) atoms. The molecular weight excluding hydrogens is 176 g/mol. The fourth-order valence-electron chi connectivity index (χ4n) is 2.30. The first-order valence-electron chi connectivity index (χ1n) is 5.43. The van der Waals surface area contributed by atoms with Gasteiger partial charge in [-0.15, -0.1) is 0 Å². The minimum atomic E-state index is -0.688. The number of carboxylic acid groups (broad SMARTS) is 1. The summed E-state index contributed by atoms with van der Waals surface area (Å²) in [4.78, 5) is 10.7. The van der Waals surface area contributed by atoms with Crippen LogP contribution in [0.15, 0.2) is 11.1 Å². The lowest BCUT2D eigenvalue weighted by molar-refractivity contribution is -0.136. The van der Waals surface area contributed by atoms with Gasteiger partial charge in [-0.05, 0) is 31.1 Å². The van der Waals surface area contributed by atoms with Gasteiger partial charge in [-0.3, -0.25) is 4.79 Å². The summed E-state index contributed by atoms with van der Waals surface area (Å²) >= 11 is 0. The number of hydrogen-bond donors (Lipinski definition) is 1. The van der Waals surface area contributed by atoms with E-state index in [1.165, 1.54) is 17.6 Å². The Hall–Kier alpha value is -0.790. The summed E-state index contributed by atoms with van der Waals surface area (Å²) in [7, 11) is 0. The minimum Gasteiger partial charge on any atom is -0.481 e. The lowest BCUT2D eigenvalue weighted by Crippen LogP contribution is -2.13. The van der Waals surface area contributed by atoms with Gasteiger partial charge in [0.2, 0.25) is 0 Å². The van der Waals surface area contributed by atoms with Gasteiger partial charge < -0.3 is 5.11 Å². The van der Waals surface area contributed by atoms with Crippen molar-refractivity contribution in [3.63, 3.8) is 0 Å². The lowest BCUT2D eigenvalue weighted by Gasteiger charge is -2.26. The van der Waals surface area contributed by atoms with Gasteiger partial charge >= 0.3 is 5.97 Å². The maximum Gasteiger partial charge on any atom is 0.307 e. The van der Waals surface area contributed by atoms with Crippen LogP contribution < -0.4 is 0 Å². The van der Waals surface area contributed by atoms with Crippen molar-refractivity contribution < 1.29 is 9.90 Å². The first-order valence-corrected chi connectivity index (χ1v) is 5.43. The molecule has 1 aliphatic carbocycles. The standard InChI is InChI=1S/C12H20O2/c1-8(2)11-5-4-9(3)6-10(11)7-12(13)14/h8-9H,4-7H2,1-3H3,(H,13,14). The molecule has 0 aromatic heterocycles. The van der Waals surface area contributed by atoms with Gasteiger partial charge in [0, 0.05) is 0 Å². The second-order valence-electron chi connectivity index (χ2n) is 4.70. The smallest absolute Gasteiger partial charge is 0.307 e. The fraction of sp³-hybridized carbons (Fsp3) is 0.750. The largest absolute Gasteiger partial charge is 0.481 e. The van der Waals surface area contributed by atoms with Gasteiger partial charge in [-0.1, -0.05) is 31.9 Å². The number of carbonyl (C=O) groups is 1. The van der Waals surface area contributed by atoms with E-state index in [0.717, 1.165) is 12.8 Å². The van der Waals surface area contributed by atoms with Crippen LogP contribution in [0.4, 0.5) is 0 Å². The predicted octanol–water partition coefficient (Wildman–Crippen LogP) is 3.23. The van der Waals surface area contributed by atoms with Gasteiger partial charge in [0.1, 0.15) is 0 Å². The zero-order valence-corrected chi connectivity index (χ0v) is 9.34. The number of carboxylic acids is 1. The molecule has 1 unspecified atom stereocenters. The molecule has 0 fully saturated rings. The molecule has 0 saturated heterocycles. The molecule has 0 radical (unpaired) electrons. The second kappa shape index (κ2) is 4.63. The Bertz CT molecular complexity index is 251. The zero-order chi connectivity index (χ0) is 10.7. The van der Waals surface area contributed by atoms with Crippen molar-refractivity contribution in [2.75, 3.05) is 0 Å². The van der Waals surface area contributed by atoms with E-state index in [-0.39, 0.29) is 6.42 Å². The maximum absolute atomic E-state index is 10.7. The van der Waals surface area contributed by atoms with E-state index in [1.807, 2.05) is 0 Å². The normalized spacial score (nSPS) is 23.0. The van der Waals surface area contributed by atoms with Crippen molar-refractivity contribution in [2.45, 2.75) is 46.5 Å². The van der Waals surface area contributed by atoms with Crippen molar-refractivity contribution >= 4 is 5.97 Å². The molecule has 0 aliphatic heterocycles. The van der Waals surface area contributed by atoms with Crippen LogP contribution in [0.1, 0.15) is 46.5 Å². The maximum atomic E-state index is 10.7. The zero-order valence-electron chi connectivity index (χ0n) is 9.34. The van der Waals surface area contributed by atoms with Gasteiger partial charge in [0.15, 0.2) is 0 Å². The topological polar surface area (TPSA) is 37.3 Å². The lowest BCUT2D eigenvalue weighted by atomic mass is 9.79. The molecule has 1 atom stereocenters. The molecular formula is C12H20O2. The summed E-state index contributed by atoms with van der Waals surface area (Å²) in [6.45, 7) is 6.53. The number of aliphatic carboxylic acids is 1. The first-order chi connectivity index (χ1) is 6.50. The molecule has 2 nitrogen and oxygen atoms in total. The molecule has 1 aliphatic rings. The van der Waals surface area contributed by atoms with Crippen molar-refractivity contribution in [1.82, 2.24) is 0 Å². The fourth-order valence-corrected chi connectivity index (χ4v) is 2.30. The minimum absolute atomic E-state index is 0.248. The van der Waals surface area contributed by atoms with Crippen LogP contribution in [0.2, 0.25) is 0 Å². The number of hydrogen-bond acceptors (Lipinski definition) is 1. The first kappa shape index (κ1) is 11.3. The Kier molecular flexibility index (Phi) is 3.73. The molecule has 0 bridgehead atoms. The van der Waals surface area contributed by atoms with Crippen molar-refractivity contribution in [2.24, 2.45) is 11.8 Å². The monoisotopic (exact) mass is 196 g/mol. The van der Waals surface area contributed by atoms with Crippen molar-refractivity contribution in [3.05, 3.63) is 11.1 Å². The van der Waals surface area contributed by atoms with Gasteiger partial charge in [0.25, 0.3) is 0 Å². The van der Waals surface area contributed by atoms with Crippen LogP contribution in [0.25, 0.3) is 0 Å². The SMILES string of the molecule is CC1CCC(C(C)C)=C(CC(=O)O)C1. The van der Waals surface area contributed by atoms with Crippen LogP contribution in [0, 0.1) is 11.8 Å². The number of allylic oxidation sites excluding steroid dienone is 1. The van der Waals surface area contributed by atoms with E-state index < -0.39 is 5.97 Å². The molecule has 0 heterocycles. The van der Waals surface area contributed by atoms with Crippen LogP contribution in [-0.2, 0) is 4.79 Å². The highest BCUT2D eigenvalue weighted by molar-refractivity contribution is 5.70. The Balaban J connectivity index is 2.82. The van der Waals surface area contributed by atoms with Crippen LogP contribution >= 0.6 is 0 Å². The third-order valence-electron chi connectivity index (χ3n) is 3.02. The molecule has 0 amide bonds. The molecule has 1 rings (SSSR count). The van der Waals surface area contributed by atoms with Gasteiger partial charge in [-0.2, -0.15) is 0 Å². The molecule has 80 valence electrons. The Labute approximate surface area is 86.0 Å². The summed E-state index contributed by atoms with van der Waals surface area (Å²) in [5.41, 5.74) is 2.58. The van der Waals surface area contributed by atoms with Crippen LogP contribution in [-0.4, -0.2) is 11.1 Å². The van der Waals surface area contributed by atoms with E-state index in [4.69, 9.17) is 5.11 Å². The summed E-state index contributed by atoms with van der Waals surface area (Å²) in [5.74, 6) is 0.482. The molecule has 0 aromatic rings. The van der Waals surface area contributed by atoms with E-state index in [9.17, 15) is 4.79 Å². The number of rotatable bonds is 3. The van der Waals surface area contributed by atoms with E-state index in [0.29, 0.717) is 11.8 Å². The average molecular weight is 196 g/mol. The van der Waals surface area contributed by atoms with Crippen molar-refractivity contribution in [1.29, 1.82) is 0 Å². The summed E-state index contributed by atoms with van der Waals surface area (Å²) in [5, 5.41) is 8.82. The quantitative estimate of drug-likeness (QED) is 0.703. The summed E-state index contributed by atoms with van der Waals surface area (Å²) in [6.07, 6.45) is 3.55. The third-order valence-corrected chi connectivity index (χ3v) is 3.02. The van der Waals surface area contributed by atoms with Gasteiger partial charge in [-0.25, -0.2) is 0 Å². The van der Waals surface area contributed by atoms with E-state index in [2.05, 4.69) is 20.8 Å². The van der Waals surface area contributed by atoms with E-state index >= 15 is 0 Å². The molecule has 1 N–H and O–H groups in total. The predicted molar refractivity (Wildman–Crippen MR) is 57.1 cm³/mol. The molecule has 2 heteroatoms. The molecule has 0 saturated carbocycles. The Morgan fingerprint density at radius 2 is 2.21 bits per heavy atom. The highest BCUT2D eigenvalue weighted by atomic mass is 16.4. The van der Waals surface area contributed by atoms with Crippen LogP contribution in [0.5, 0.6) is 0 Å². The summed E-state index contributed by atoms with van der Waals surface area (Å²) < 4.78 is 0. The Morgan fingerprint density at radius 3 is 2.71 bits per heavy atom. The second-order valence-corrected chi connectivity index (χ2v) is 4.70. The highest BCUT2D eigenvalue weighted by Crippen LogP contribution is 2.34. The average Bonchev–Trinajstić information content (AvgIpc) is 2.01. The van der Waals surface area contributed by atoms with Crippen LogP contribution in [0.3, 0.4) is 0 Å². The van der Waals surface area contributed by atoms with Gasteiger partial charge in [0.05, 0.1) is 6.42 Å². The summed E-state index contributed by atoms with van der Waals surface area (Å²) in [6, 6.07) is 0. The third kappa shape index (κ3) is 2.86. The van der Waals surface area contributed by atoms with Crippen molar-refractivity contribution in [3.8, 4) is 0 Å². The highest BCUT2D eigenvalue weighted by Gasteiger charge is 2.21. The molecule has 0 aromatic carbocycles. The molecule has 0 spiro atoms. The Morgan fingerprint density at radius 1 is 1.57 bits per heavy atom. The van der Waals surface area contributed by atoms with E-state index in [1.54, 1.807) is 0 Å².